The number of hydrogen-bond acceptors (Lipinski definition) is 0. The molecule has 2 fully saturated rings. The smallest absolute Gasteiger partial charge is 0.106 e. The van der Waals surface area contributed by atoms with Crippen LogP contribution in [0.25, 0.3) is 0 Å². The van der Waals surface area contributed by atoms with Crippen LogP contribution in [0.3, 0.4) is 0 Å². The summed E-state index contributed by atoms with van der Waals surface area (Å²) in [5.41, 5.74) is 0. The van der Waals surface area contributed by atoms with E-state index in [9.17, 15) is 13.2 Å². The van der Waals surface area contributed by atoms with Gasteiger partial charge < -0.3 is 0 Å². The molecule has 2 aliphatic carbocycles. The Morgan fingerprint density at radius 3 is 1.75 bits per heavy atom. The van der Waals surface area contributed by atoms with Crippen LogP contribution in [0.5, 0.6) is 0 Å². The van der Waals surface area contributed by atoms with Crippen LogP contribution in [0.2, 0.25) is 0 Å². The van der Waals surface area contributed by atoms with E-state index in [0.29, 0.717) is 31.6 Å². The second-order valence-electron chi connectivity index (χ2n) is 5.63. The third-order valence-corrected chi connectivity index (χ3v) is 4.56. The van der Waals surface area contributed by atoms with E-state index in [1.54, 1.807) is 6.92 Å². The zero-order valence-electron chi connectivity index (χ0n) is 9.84. The third kappa shape index (κ3) is 2.54. The molecule has 2 unspecified atom stereocenters. The maximum Gasteiger partial charge on any atom is 0.106 e. The molecular weight excluding hydrogens is 213 g/mol. The molecule has 0 amide bonds. The molecule has 2 saturated carbocycles. The summed E-state index contributed by atoms with van der Waals surface area (Å²) in [5, 5.41) is 0. The summed E-state index contributed by atoms with van der Waals surface area (Å²) in [4.78, 5) is 0. The molecule has 0 spiro atoms. The number of alkyl halides is 3. The minimum atomic E-state index is -1.00. The molecule has 3 heteroatoms. The van der Waals surface area contributed by atoms with E-state index in [4.69, 9.17) is 0 Å². The molecule has 0 radical (unpaired) electrons. The summed E-state index contributed by atoms with van der Waals surface area (Å²) in [7, 11) is 0. The van der Waals surface area contributed by atoms with E-state index in [1.165, 1.54) is 0 Å². The van der Waals surface area contributed by atoms with Gasteiger partial charge in [0.05, 0.1) is 0 Å². The monoisotopic (exact) mass is 234 g/mol. The molecule has 0 nitrogen and oxygen atoms in total. The zero-order valence-corrected chi connectivity index (χ0v) is 9.84. The lowest BCUT2D eigenvalue weighted by Gasteiger charge is -2.38. The summed E-state index contributed by atoms with van der Waals surface area (Å²) in [6.07, 6.45) is 1.11. The largest absolute Gasteiger partial charge is 0.247 e. The van der Waals surface area contributed by atoms with Crippen molar-refractivity contribution in [3.63, 3.8) is 0 Å². The number of hydrogen-bond donors (Lipinski definition) is 0. The molecule has 0 heterocycles. The Morgan fingerprint density at radius 1 is 0.750 bits per heavy atom. The van der Waals surface area contributed by atoms with Crippen LogP contribution in [0.1, 0.15) is 45.4 Å². The van der Waals surface area contributed by atoms with Gasteiger partial charge in [-0.2, -0.15) is 0 Å². The summed E-state index contributed by atoms with van der Waals surface area (Å²) in [5.74, 6) is 0.0541. The van der Waals surface area contributed by atoms with Crippen LogP contribution in [-0.4, -0.2) is 18.5 Å². The van der Waals surface area contributed by atoms with Gasteiger partial charge in [-0.15, -0.1) is 0 Å². The molecule has 0 saturated heterocycles. The molecule has 0 aliphatic heterocycles. The average molecular weight is 234 g/mol. The average Bonchev–Trinajstić information content (AvgIpc) is 2.26. The topological polar surface area (TPSA) is 0 Å². The van der Waals surface area contributed by atoms with Crippen LogP contribution in [0.15, 0.2) is 0 Å². The highest BCUT2D eigenvalue weighted by molar-refractivity contribution is 4.88. The highest BCUT2D eigenvalue weighted by Crippen LogP contribution is 2.42. The zero-order chi connectivity index (χ0) is 11.7. The lowest BCUT2D eigenvalue weighted by molar-refractivity contribution is 0.0213. The second-order valence-corrected chi connectivity index (χ2v) is 5.63. The van der Waals surface area contributed by atoms with Crippen molar-refractivity contribution < 1.29 is 13.2 Å². The van der Waals surface area contributed by atoms with Crippen molar-refractivity contribution in [1.29, 1.82) is 0 Å². The molecule has 0 aromatic heterocycles. The maximum absolute atomic E-state index is 13.6. The first-order valence-corrected chi connectivity index (χ1v) is 6.50. The Labute approximate surface area is 95.6 Å². The van der Waals surface area contributed by atoms with Crippen LogP contribution in [0, 0.1) is 17.8 Å². The SMILES string of the molecule is CC1C(F)CC(C2CCC(F)CC2)CC1F. The van der Waals surface area contributed by atoms with Crippen LogP contribution < -0.4 is 0 Å². The first-order chi connectivity index (χ1) is 7.58. The molecule has 94 valence electrons. The summed E-state index contributed by atoms with van der Waals surface area (Å²) in [6.45, 7) is 1.66. The van der Waals surface area contributed by atoms with E-state index >= 15 is 0 Å². The van der Waals surface area contributed by atoms with Crippen molar-refractivity contribution in [3.05, 3.63) is 0 Å². The van der Waals surface area contributed by atoms with E-state index in [0.717, 1.165) is 12.8 Å². The highest BCUT2D eigenvalue weighted by Gasteiger charge is 2.39. The lowest BCUT2D eigenvalue weighted by Crippen LogP contribution is -2.37. The Bertz CT molecular complexity index is 211. The van der Waals surface area contributed by atoms with Crippen molar-refractivity contribution in [1.82, 2.24) is 0 Å². The van der Waals surface area contributed by atoms with Crippen LogP contribution in [0.4, 0.5) is 13.2 Å². The van der Waals surface area contributed by atoms with Crippen LogP contribution >= 0.6 is 0 Å². The Balaban J connectivity index is 1.90. The van der Waals surface area contributed by atoms with Gasteiger partial charge in [0.2, 0.25) is 0 Å². The fourth-order valence-electron chi connectivity index (χ4n) is 3.27. The molecule has 0 aromatic rings. The van der Waals surface area contributed by atoms with Crippen molar-refractivity contribution in [3.8, 4) is 0 Å². The predicted molar refractivity (Wildman–Crippen MR) is 58.5 cm³/mol. The van der Waals surface area contributed by atoms with Gasteiger partial charge >= 0.3 is 0 Å². The van der Waals surface area contributed by atoms with Gasteiger partial charge in [-0.3, -0.25) is 0 Å². The minimum Gasteiger partial charge on any atom is -0.247 e. The fourth-order valence-corrected chi connectivity index (χ4v) is 3.27. The number of rotatable bonds is 1. The van der Waals surface area contributed by atoms with Gasteiger partial charge in [0.25, 0.3) is 0 Å². The fraction of sp³-hybridized carbons (Fsp3) is 1.00. The molecule has 0 aromatic carbocycles. The molecule has 16 heavy (non-hydrogen) atoms. The lowest BCUT2D eigenvalue weighted by atomic mass is 9.70. The first kappa shape index (κ1) is 12.3. The summed E-state index contributed by atoms with van der Waals surface area (Å²) in [6, 6.07) is 0. The first-order valence-electron chi connectivity index (χ1n) is 6.50. The molecule has 0 N–H and O–H groups in total. The third-order valence-electron chi connectivity index (χ3n) is 4.56. The summed E-state index contributed by atoms with van der Waals surface area (Å²) < 4.78 is 40.2. The van der Waals surface area contributed by atoms with Crippen molar-refractivity contribution >= 4 is 0 Å². The molecule has 0 bridgehead atoms. The number of halogens is 3. The molecular formula is C13H21F3. The quantitative estimate of drug-likeness (QED) is 0.636. The predicted octanol–water partition coefficient (Wildman–Crippen LogP) is 4.24. The Kier molecular flexibility index (Phi) is 3.81. The van der Waals surface area contributed by atoms with Gasteiger partial charge in [0, 0.05) is 5.92 Å². The second kappa shape index (κ2) is 4.97. The molecule has 2 rings (SSSR count). The Morgan fingerprint density at radius 2 is 1.25 bits per heavy atom. The van der Waals surface area contributed by atoms with E-state index in [2.05, 4.69) is 0 Å². The maximum atomic E-state index is 13.6. The standard InChI is InChI=1S/C13H21F3/c1-8-12(15)6-10(7-13(8)16)9-2-4-11(14)5-3-9/h8-13H,2-7H2,1H3. The normalized spacial score (nSPS) is 50.2. The van der Waals surface area contributed by atoms with E-state index in [1.807, 2.05) is 0 Å². The van der Waals surface area contributed by atoms with Gasteiger partial charge in [-0.1, -0.05) is 6.92 Å². The van der Waals surface area contributed by atoms with Gasteiger partial charge in [0.15, 0.2) is 0 Å². The highest BCUT2D eigenvalue weighted by atomic mass is 19.1. The van der Waals surface area contributed by atoms with Crippen molar-refractivity contribution in [2.45, 2.75) is 64.0 Å². The van der Waals surface area contributed by atoms with Crippen molar-refractivity contribution in [2.75, 3.05) is 0 Å². The van der Waals surface area contributed by atoms with Gasteiger partial charge in [0.1, 0.15) is 18.5 Å². The van der Waals surface area contributed by atoms with Gasteiger partial charge in [-0.05, 0) is 50.4 Å². The van der Waals surface area contributed by atoms with E-state index < -0.39 is 24.4 Å². The molecule has 2 aliphatic rings. The van der Waals surface area contributed by atoms with Gasteiger partial charge in [-0.25, -0.2) is 13.2 Å². The summed E-state index contributed by atoms with van der Waals surface area (Å²) >= 11 is 0. The minimum absolute atomic E-state index is 0.147. The van der Waals surface area contributed by atoms with Crippen molar-refractivity contribution in [2.24, 2.45) is 17.8 Å². The van der Waals surface area contributed by atoms with E-state index in [-0.39, 0.29) is 5.92 Å². The van der Waals surface area contributed by atoms with Crippen LogP contribution in [-0.2, 0) is 0 Å². The Hall–Kier alpha value is -0.210. The molecule has 2 atom stereocenters.